The Bertz CT molecular complexity index is 398. The smallest absolute Gasteiger partial charge is 0.354 e. The molecule has 15 heavy (non-hydrogen) atoms. The lowest BCUT2D eigenvalue weighted by atomic mass is 10.1. The number of hydrogen-bond acceptors (Lipinski definition) is 3. The van der Waals surface area contributed by atoms with Crippen molar-refractivity contribution in [2.45, 2.75) is 13.0 Å². The topological polar surface area (TPSA) is 76.2 Å². The van der Waals surface area contributed by atoms with Crippen LogP contribution in [0.15, 0.2) is 6.20 Å². The number of halogens is 3. The standard InChI is InChI=1S/C8H7ClF2N2O2/c9-5-3(1-12)6(8(14)15)13-2-4(5)7(10)11/h2,7H,1,12H2,(H,14,15). The van der Waals surface area contributed by atoms with Crippen LogP contribution in [0.5, 0.6) is 0 Å². The minimum atomic E-state index is -2.81. The number of carboxylic acid groups (broad SMARTS) is 1. The van der Waals surface area contributed by atoms with E-state index >= 15 is 0 Å². The van der Waals surface area contributed by atoms with Crippen LogP contribution in [0.4, 0.5) is 8.78 Å². The van der Waals surface area contributed by atoms with Gasteiger partial charge < -0.3 is 10.8 Å². The van der Waals surface area contributed by atoms with Gasteiger partial charge in [0.1, 0.15) is 0 Å². The molecule has 0 radical (unpaired) electrons. The zero-order chi connectivity index (χ0) is 11.6. The minimum absolute atomic E-state index is 0.0815. The predicted molar refractivity (Wildman–Crippen MR) is 49.1 cm³/mol. The van der Waals surface area contributed by atoms with Gasteiger partial charge in [0.25, 0.3) is 6.43 Å². The maximum absolute atomic E-state index is 12.4. The Kier molecular flexibility index (Phi) is 3.54. The fourth-order valence-corrected chi connectivity index (χ4v) is 1.37. The van der Waals surface area contributed by atoms with Gasteiger partial charge in [0, 0.05) is 18.3 Å². The quantitative estimate of drug-likeness (QED) is 0.839. The molecule has 4 nitrogen and oxygen atoms in total. The average Bonchev–Trinajstić information content (AvgIpc) is 2.16. The number of nitrogens with zero attached hydrogens (tertiary/aromatic N) is 1. The first-order valence-electron chi connectivity index (χ1n) is 3.87. The lowest BCUT2D eigenvalue weighted by Crippen LogP contribution is -2.11. The van der Waals surface area contributed by atoms with E-state index in [1.165, 1.54) is 0 Å². The summed E-state index contributed by atoms with van der Waals surface area (Å²) >= 11 is 5.59. The zero-order valence-electron chi connectivity index (χ0n) is 7.38. The summed E-state index contributed by atoms with van der Waals surface area (Å²) < 4.78 is 24.7. The molecule has 0 bridgehead atoms. The van der Waals surface area contributed by atoms with Crippen molar-refractivity contribution < 1.29 is 18.7 Å². The van der Waals surface area contributed by atoms with Gasteiger partial charge in [0.2, 0.25) is 0 Å². The third-order valence-corrected chi connectivity index (χ3v) is 2.23. The van der Waals surface area contributed by atoms with E-state index in [4.69, 9.17) is 22.4 Å². The van der Waals surface area contributed by atoms with Gasteiger partial charge in [-0.05, 0) is 0 Å². The fourth-order valence-electron chi connectivity index (χ4n) is 1.07. The second kappa shape index (κ2) is 4.50. The summed E-state index contributed by atoms with van der Waals surface area (Å²) in [6, 6.07) is 0. The first-order chi connectivity index (χ1) is 6.99. The maximum Gasteiger partial charge on any atom is 0.354 e. The summed E-state index contributed by atoms with van der Waals surface area (Å²) in [6.45, 7) is -0.256. The third kappa shape index (κ3) is 2.21. The molecule has 7 heteroatoms. The second-order valence-corrected chi connectivity index (χ2v) is 3.04. The molecule has 3 N–H and O–H groups in total. The van der Waals surface area contributed by atoms with Crippen LogP contribution in [0, 0.1) is 0 Å². The van der Waals surface area contributed by atoms with Gasteiger partial charge in [-0.1, -0.05) is 11.6 Å². The molecule has 0 aromatic carbocycles. The fraction of sp³-hybridized carbons (Fsp3) is 0.250. The first-order valence-corrected chi connectivity index (χ1v) is 4.25. The summed E-state index contributed by atoms with van der Waals surface area (Å²) in [4.78, 5) is 14.0. The van der Waals surface area contributed by atoms with Crippen LogP contribution in [-0.4, -0.2) is 16.1 Å². The Morgan fingerprint density at radius 3 is 2.67 bits per heavy atom. The molecular formula is C8H7ClF2N2O2. The van der Waals surface area contributed by atoms with Gasteiger partial charge in [0.15, 0.2) is 5.69 Å². The van der Waals surface area contributed by atoms with E-state index in [0.29, 0.717) is 0 Å². The van der Waals surface area contributed by atoms with Crippen molar-refractivity contribution in [1.29, 1.82) is 0 Å². The molecule has 1 heterocycles. The van der Waals surface area contributed by atoms with Crippen molar-refractivity contribution in [3.63, 3.8) is 0 Å². The molecule has 0 aliphatic carbocycles. The molecule has 0 fully saturated rings. The number of aromatic carboxylic acids is 1. The first kappa shape index (κ1) is 11.8. The lowest BCUT2D eigenvalue weighted by molar-refractivity contribution is 0.0688. The highest BCUT2D eigenvalue weighted by Crippen LogP contribution is 2.30. The Morgan fingerprint density at radius 1 is 1.67 bits per heavy atom. The molecular weight excluding hydrogens is 230 g/mol. The molecule has 0 aliphatic heterocycles. The van der Waals surface area contributed by atoms with Gasteiger partial charge >= 0.3 is 5.97 Å². The highest BCUT2D eigenvalue weighted by Gasteiger charge is 2.21. The molecule has 0 unspecified atom stereocenters. The zero-order valence-corrected chi connectivity index (χ0v) is 8.13. The number of aromatic nitrogens is 1. The Morgan fingerprint density at radius 2 is 2.27 bits per heavy atom. The van der Waals surface area contributed by atoms with Crippen LogP contribution in [0.2, 0.25) is 5.02 Å². The molecule has 0 aliphatic rings. The Labute approximate surface area is 88.7 Å². The summed E-state index contributed by atoms with van der Waals surface area (Å²) in [6.07, 6.45) is -2.06. The summed E-state index contributed by atoms with van der Waals surface area (Å²) in [7, 11) is 0. The molecule has 82 valence electrons. The number of alkyl halides is 2. The van der Waals surface area contributed by atoms with Crippen molar-refractivity contribution in [2.24, 2.45) is 5.73 Å². The van der Waals surface area contributed by atoms with Gasteiger partial charge in [-0.25, -0.2) is 18.6 Å². The van der Waals surface area contributed by atoms with Crippen molar-refractivity contribution >= 4 is 17.6 Å². The largest absolute Gasteiger partial charge is 0.477 e. The Hall–Kier alpha value is -1.27. The number of nitrogens with two attached hydrogens (primary N) is 1. The van der Waals surface area contributed by atoms with Gasteiger partial charge in [-0.15, -0.1) is 0 Å². The summed E-state index contributed by atoms with van der Waals surface area (Å²) in [5.74, 6) is -1.35. The molecule has 0 spiro atoms. The van der Waals surface area contributed by atoms with Gasteiger partial charge in [-0.2, -0.15) is 0 Å². The van der Waals surface area contributed by atoms with E-state index in [1.807, 2.05) is 0 Å². The van der Waals surface area contributed by atoms with Crippen molar-refractivity contribution in [1.82, 2.24) is 4.98 Å². The van der Waals surface area contributed by atoms with E-state index in [9.17, 15) is 13.6 Å². The van der Waals surface area contributed by atoms with Crippen LogP contribution in [-0.2, 0) is 6.54 Å². The summed E-state index contributed by atoms with van der Waals surface area (Å²) in [5, 5.41) is 8.35. The molecule has 0 saturated carbocycles. The number of carbonyl (C=O) groups is 1. The minimum Gasteiger partial charge on any atom is -0.477 e. The van der Waals surface area contributed by atoms with E-state index < -0.39 is 23.7 Å². The molecule has 1 rings (SSSR count). The number of carboxylic acids is 1. The van der Waals surface area contributed by atoms with Gasteiger partial charge in [-0.3, -0.25) is 0 Å². The third-order valence-electron chi connectivity index (χ3n) is 1.78. The molecule has 0 saturated heterocycles. The molecule has 0 atom stereocenters. The molecule has 1 aromatic heterocycles. The normalized spacial score (nSPS) is 10.7. The Balaban J connectivity index is 3.39. The van der Waals surface area contributed by atoms with Crippen LogP contribution in [0.3, 0.4) is 0 Å². The van der Waals surface area contributed by atoms with Crippen LogP contribution in [0.1, 0.15) is 28.0 Å². The van der Waals surface area contributed by atoms with E-state index in [-0.39, 0.29) is 17.1 Å². The monoisotopic (exact) mass is 236 g/mol. The predicted octanol–water partition coefficient (Wildman–Crippen LogP) is 1.83. The van der Waals surface area contributed by atoms with Crippen molar-refractivity contribution in [3.05, 3.63) is 28.0 Å². The van der Waals surface area contributed by atoms with Gasteiger partial charge in [0.05, 0.1) is 10.6 Å². The van der Waals surface area contributed by atoms with Crippen LogP contribution < -0.4 is 5.73 Å². The van der Waals surface area contributed by atoms with Crippen LogP contribution in [0.25, 0.3) is 0 Å². The lowest BCUT2D eigenvalue weighted by Gasteiger charge is -2.09. The SMILES string of the molecule is NCc1c(C(=O)O)ncc(C(F)F)c1Cl. The van der Waals surface area contributed by atoms with Crippen molar-refractivity contribution in [3.8, 4) is 0 Å². The molecule has 0 amide bonds. The van der Waals surface area contributed by atoms with E-state index in [1.54, 1.807) is 0 Å². The van der Waals surface area contributed by atoms with Crippen LogP contribution >= 0.6 is 11.6 Å². The summed E-state index contributed by atoms with van der Waals surface area (Å²) in [5.41, 5.74) is 4.24. The highest BCUT2D eigenvalue weighted by atomic mass is 35.5. The number of hydrogen-bond donors (Lipinski definition) is 2. The van der Waals surface area contributed by atoms with E-state index in [2.05, 4.69) is 4.98 Å². The number of pyridine rings is 1. The van der Waals surface area contributed by atoms with Crippen molar-refractivity contribution in [2.75, 3.05) is 0 Å². The second-order valence-electron chi connectivity index (χ2n) is 2.66. The average molecular weight is 237 g/mol. The molecule has 1 aromatic rings. The van der Waals surface area contributed by atoms with E-state index in [0.717, 1.165) is 6.20 Å². The maximum atomic E-state index is 12.4. The number of rotatable bonds is 3. The highest BCUT2D eigenvalue weighted by molar-refractivity contribution is 6.32.